The molecule has 0 radical (unpaired) electrons. The molecule has 190 valence electrons. The van der Waals surface area contributed by atoms with Gasteiger partial charge in [0.05, 0.1) is 25.7 Å². The Hall–Kier alpha value is -3.52. The van der Waals surface area contributed by atoms with Crippen LogP contribution in [0.5, 0.6) is 5.75 Å². The molecule has 4 rings (SSSR count). The molecule has 0 spiro atoms. The van der Waals surface area contributed by atoms with E-state index in [9.17, 15) is 19.2 Å². The zero-order valence-electron chi connectivity index (χ0n) is 20.8. The van der Waals surface area contributed by atoms with Gasteiger partial charge in [0.25, 0.3) is 0 Å². The minimum absolute atomic E-state index is 0.0189. The first-order valence-corrected chi connectivity index (χ1v) is 12.3. The van der Waals surface area contributed by atoms with Gasteiger partial charge in [-0.1, -0.05) is 48.5 Å². The molecule has 3 amide bonds. The number of ether oxygens (including phenoxy) is 2. The maximum atomic E-state index is 13.8. The predicted molar refractivity (Wildman–Crippen MR) is 133 cm³/mol. The molecule has 2 atom stereocenters. The minimum atomic E-state index is -1.37. The number of hydrogen-bond acceptors (Lipinski definition) is 6. The van der Waals surface area contributed by atoms with Crippen LogP contribution < -0.4 is 4.74 Å². The molecule has 2 aromatic rings. The summed E-state index contributed by atoms with van der Waals surface area (Å²) in [5.74, 6) is -0.836. The van der Waals surface area contributed by atoms with Crippen molar-refractivity contribution < 1.29 is 28.7 Å². The van der Waals surface area contributed by atoms with Gasteiger partial charge < -0.3 is 14.4 Å². The Labute approximate surface area is 211 Å². The second kappa shape index (κ2) is 11.0. The summed E-state index contributed by atoms with van der Waals surface area (Å²) in [6.07, 6.45) is 1.11. The average molecular weight is 493 g/mol. The standard InChI is InChI=1S/C28H32N2O6/c1-35-16-15-30-25(32)18-28(27(30)34,22-12-6-7-13-23(22)36-2)17-24(31)29-14-8-11-21(19-29)26(33)20-9-4-3-5-10-20/h3-7,9-10,12-13,21H,8,11,14-19H2,1-2H3/t21-,28+/m0/s1. The Bertz CT molecular complexity index is 1130. The highest BCUT2D eigenvalue weighted by atomic mass is 16.5. The van der Waals surface area contributed by atoms with E-state index in [1.807, 2.05) is 18.2 Å². The van der Waals surface area contributed by atoms with Crippen molar-refractivity contribution in [1.82, 2.24) is 9.80 Å². The Morgan fingerprint density at radius 1 is 1.03 bits per heavy atom. The Kier molecular flexibility index (Phi) is 7.84. The highest BCUT2D eigenvalue weighted by molar-refractivity contribution is 6.11. The van der Waals surface area contributed by atoms with Crippen LogP contribution in [0.25, 0.3) is 0 Å². The maximum Gasteiger partial charge on any atom is 0.241 e. The zero-order valence-corrected chi connectivity index (χ0v) is 20.8. The third-order valence-electron chi connectivity index (χ3n) is 7.21. The number of carbonyl (C=O) groups is 4. The molecule has 2 saturated heterocycles. The molecular weight excluding hydrogens is 460 g/mol. The van der Waals surface area contributed by atoms with Crippen LogP contribution in [0.2, 0.25) is 0 Å². The quantitative estimate of drug-likeness (QED) is 0.395. The van der Waals surface area contributed by atoms with Crippen LogP contribution in [-0.4, -0.2) is 73.8 Å². The van der Waals surface area contributed by atoms with Gasteiger partial charge in [-0.05, 0) is 18.9 Å². The van der Waals surface area contributed by atoms with Crippen LogP contribution >= 0.6 is 0 Å². The number of piperidine rings is 1. The molecule has 0 saturated carbocycles. The van der Waals surface area contributed by atoms with Crippen molar-refractivity contribution in [3.05, 3.63) is 65.7 Å². The fourth-order valence-electron chi connectivity index (χ4n) is 5.32. The third-order valence-corrected chi connectivity index (χ3v) is 7.21. The lowest BCUT2D eigenvalue weighted by Gasteiger charge is -2.35. The van der Waals surface area contributed by atoms with Crippen molar-refractivity contribution in [3.63, 3.8) is 0 Å². The van der Waals surface area contributed by atoms with Crippen molar-refractivity contribution >= 4 is 23.5 Å². The number of ketones is 1. The van der Waals surface area contributed by atoms with Gasteiger partial charge >= 0.3 is 0 Å². The van der Waals surface area contributed by atoms with Crippen LogP contribution in [-0.2, 0) is 24.5 Å². The Balaban J connectivity index is 1.61. The Morgan fingerprint density at radius 2 is 1.75 bits per heavy atom. The summed E-state index contributed by atoms with van der Waals surface area (Å²) in [4.78, 5) is 56.3. The van der Waals surface area contributed by atoms with Crippen molar-refractivity contribution in [2.45, 2.75) is 31.1 Å². The van der Waals surface area contributed by atoms with Gasteiger partial charge in [0.15, 0.2) is 5.78 Å². The molecule has 36 heavy (non-hydrogen) atoms. The Morgan fingerprint density at radius 3 is 2.47 bits per heavy atom. The lowest BCUT2D eigenvalue weighted by molar-refractivity contribution is -0.143. The van der Waals surface area contributed by atoms with Crippen LogP contribution in [0.1, 0.15) is 41.6 Å². The lowest BCUT2D eigenvalue weighted by atomic mass is 9.75. The van der Waals surface area contributed by atoms with Crippen molar-refractivity contribution in [2.24, 2.45) is 5.92 Å². The molecule has 8 heteroatoms. The first kappa shape index (κ1) is 25.6. The summed E-state index contributed by atoms with van der Waals surface area (Å²) < 4.78 is 10.6. The van der Waals surface area contributed by atoms with E-state index in [0.717, 1.165) is 0 Å². The molecule has 2 aromatic carbocycles. The van der Waals surface area contributed by atoms with Gasteiger partial charge in [0.1, 0.15) is 5.75 Å². The van der Waals surface area contributed by atoms with Crippen LogP contribution in [0, 0.1) is 5.92 Å². The maximum absolute atomic E-state index is 13.8. The molecule has 2 fully saturated rings. The number of hydrogen-bond donors (Lipinski definition) is 0. The number of likely N-dealkylation sites (tertiary alicyclic amines) is 2. The second-order valence-corrected chi connectivity index (χ2v) is 9.39. The molecule has 0 bridgehead atoms. The summed E-state index contributed by atoms with van der Waals surface area (Å²) in [5.41, 5.74) is -0.217. The van der Waals surface area contributed by atoms with E-state index in [0.29, 0.717) is 42.8 Å². The van der Waals surface area contributed by atoms with Gasteiger partial charge in [0.2, 0.25) is 17.7 Å². The summed E-state index contributed by atoms with van der Waals surface area (Å²) in [6.45, 7) is 1.14. The van der Waals surface area contributed by atoms with Gasteiger partial charge in [-0.3, -0.25) is 24.1 Å². The molecule has 2 aliphatic rings. The summed E-state index contributed by atoms with van der Waals surface area (Å²) >= 11 is 0. The molecular formula is C28H32N2O6. The van der Waals surface area contributed by atoms with Gasteiger partial charge in [-0.15, -0.1) is 0 Å². The molecule has 0 aliphatic carbocycles. The fraction of sp³-hybridized carbons (Fsp3) is 0.429. The van der Waals surface area contributed by atoms with Crippen molar-refractivity contribution in [1.29, 1.82) is 0 Å². The first-order chi connectivity index (χ1) is 17.4. The van der Waals surface area contributed by atoms with E-state index in [1.165, 1.54) is 19.1 Å². The summed E-state index contributed by atoms with van der Waals surface area (Å²) in [5, 5.41) is 0. The minimum Gasteiger partial charge on any atom is -0.496 e. The van der Waals surface area contributed by atoms with E-state index in [4.69, 9.17) is 9.47 Å². The van der Waals surface area contributed by atoms with Crippen LogP contribution in [0.3, 0.4) is 0 Å². The number of methoxy groups -OCH3 is 2. The van der Waals surface area contributed by atoms with Crippen LogP contribution in [0.4, 0.5) is 0 Å². The molecule has 0 aromatic heterocycles. The number of amides is 3. The van der Waals surface area contributed by atoms with E-state index in [2.05, 4.69) is 0 Å². The van der Waals surface area contributed by atoms with E-state index >= 15 is 0 Å². The van der Waals surface area contributed by atoms with E-state index in [1.54, 1.807) is 41.3 Å². The van der Waals surface area contributed by atoms with E-state index in [-0.39, 0.29) is 49.5 Å². The SMILES string of the molecule is COCCN1C(=O)C[C@](CC(=O)N2CCC[C@H](C(=O)c3ccccc3)C2)(c2ccccc2OC)C1=O. The average Bonchev–Trinajstić information content (AvgIpc) is 3.16. The highest BCUT2D eigenvalue weighted by Crippen LogP contribution is 2.44. The molecule has 0 unspecified atom stereocenters. The second-order valence-electron chi connectivity index (χ2n) is 9.39. The zero-order chi connectivity index (χ0) is 25.7. The number of benzene rings is 2. The summed E-state index contributed by atoms with van der Waals surface area (Å²) in [7, 11) is 3.01. The monoisotopic (exact) mass is 492 g/mol. The molecule has 2 aliphatic heterocycles. The van der Waals surface area contributed by atoms with Gasteiger partial charge in [0, 0.05) is 50.1 Å². The van der Waals surface area contributed by atoms with Crippen LogP contribution in [0.15, 0.2) is 54.6 Å². The number of rotatable bonds is 9. The molecule has 0 N–H and O–H groups in total. The third kappa shape index (κ3) is 4.91. The topological polar surface area (TPSA) is 93.2 Å². The number of imide groups is 1. The van der Waals surface area contributed by atoms with E-state index < -0.39 is 11.3 Å². The highest BCUT2D eigenvalue weighted by Gasteiger charge is 2.55. The van der Waals surface area contributed by atoms with Crippen molar-refractivity contribution in [3.8, 4) is 5.75 Å². The first-order valence-electron chi connectivity index (χ1n) is 12.3. The summed E-state index contributed by atoms with van der Waals surface area (Å²) in [6, 6.07) is 16.1. The number of carbonyl (C=O) groups excluding carboxylic acids is 4. The molecule has 2 heterocycles. The number of para-hydroxylation sites is 1. The van der Waals surface area contributed by atoms with Gasteiger partial charge in [-0.25, -0.2) is 0 Å². The number of nitrogens with zero attached hydrogens (tertiary/aromatic N) is 2. The van der Waals surface area contributed by atoms with Crippen molar-refractivity contribution in [2.75, 3.05) is 40.5 Å². The largest absolute Gasteiger partial charge is 0.496 e. The lowest BCUT2D eigenvalue weighted by Crippen LogP contribution is -2.47. The fourth-order valence-corrected chi connectivity index (χ4v) is 5.32. The van der Waals surface area contributed by atoms with Gasteiger partial charge in [-0.2, -0.15) is 0 Å². The molecule has 8 nitrogen and oxygen atoms in total. The normalized spacial score (nSPS) is 22.1. The predicted octanol–water partition coefficient (Wildman–Crippen LogP) is 2.85. The smallest absolute Gasteiger partial charge is 0.241 e. The number of Topliss-reactive ketones (excluding diaryl/α,β-unsaturated/α-hetero) is 1.